The maximum Gasteiger partial charge on any atom is 0.308 e. The Kier molecular flexibility index (Phi) is 3.69. The quantitative estimate of drug-likeness (QED) is 0.588. The zero-order chi connectivity index (χ0) is 12.3. The summed E-state index contributed by atoms with van der Waals surface area (Å²) in [6, 6.07) is 7.57. The molecule has 0 aromatic heterocycles. The van der Waals surface area contributed by atoms with Crippen molar-refractivity contribution in [3.63, 3.8) is 0 Å². The van der Waals surface area contributed by atoms with E-state index in [-0.39, 0.29) is 5.97 Å². The first-order valence-corrected chi connectivity index (χ1v) is 6.45. The third kappa shape index (κ3) is 3.24. The van der Waals surface area contributed by atoms with Gasteiger partial charge in [0.2, 0.25) is 0 Å². The Morgan fingerprint density at radius 2 is 2.06 bits per heavy atom. The zero-order valence-electron chi connectivity index (χ0n) is 9.73. The van der Waals surface area contributed by atoms with Crippen LogP contribution >= 0.6 is 11.8 Å². The molecule has 0 saturated carbocycles. The molecule has 0 fully saturated rings. The lowest BCUT2D eigenvalue weighted by Crippen LogP contribution is -2.01. The Morgan fingerprint density at radius 3 is 2.65 bits per heavy atom. The Labute approximate surface area is 105 Å². The number of hydrogen-bond acceptors (Lipinski definition) is 3. The minimum absolute atomic E-state index is 0.294. The molecule has 0 N–H and O–H groups in total. The molecule has 0 unspecified atom stereocenters. The molecule has 0 saturated heterocycles. The predicted molar refractivity (Wildman–Crippen MR) is 71.9 cm³/mol. The number of benzene rings is 1. The van der Waals surface area contributed by atoms with Gasteiger partial charge in [0.25, 0.3) is 0 Å². The fraction of sp³-hybridized carbons (Fsp3) is 0.214. The lowest BCUT2D eigenvalue weighted by Gasteiger charge is -2.14. The number of thioether (sulfide) groups is 1. The van der Waals surface area contributed by atoms with Crippen LogP contribution in [0, 0.1) is 0 Å². The highest BCUT2D eigenvalue weighted by molar-refractivity contribution is 8.08. The van der Waals surface area contributed by atoms with Crippen molar-refractivity contribution in [3.8, 4) is 5.75 Å². The van der Waals surface area contributed by atoms with Crippen molar-refractivity contribution in [2.45, 2.75) is 13.3 Å². The fourth-order valence-electron chi connectivity index (χ4n) is 1.61. The molecule has 1 aromatic rings. The molecule has 2 nitrogen and oxygen atoms in total. The van der Waals surface area contributed by atoms with Crippen molar-refractivity contribution < 1.29 is 9.53 Å². The van der Waals surface area contributed by atoms with Crippen LogP contribution in [0.15, 0.2) is 42.5 Å². The van der Waals surface area contributed by atoms with E-state index in [0.29, 0.717) is 5.75 Å². The largest absolute Gasteiger partial charge is 0.427 e. The molecule has 0 bridgehead atoms. The summed E-state index contributed by atoms with van der Waals surface area (Å²) in [4.78, 5) is 12.0. The van der Waals surface area contributed by atoms with E-state index in [1.54, 1.807) is 0 Å². The first-order chi connectivity index (χ1) is 8.15. The molecule has 3 heteroatoms. The Bertz CT molecular complexity index is 472. The number of hydrogen-bond donors (Lipinski definition) is 0. The maximum absolute atomic E-state index is 10.8. The van der Waals surface area contributed by atoms with Crippen LogP contribution in [0.2, 0.25) is 0 Å². The Morgan fingerprint density at radius 1 is 1.35 bits per heavy atom. The average Bonchev–Trinajstić information content (AvgIpc) is 2.29. The Hall–Kier alpha value is -1.48. The summed E-state index contributed by atoms with van der Waals surface area (Å²) in [6.07, 6.45) is 3.18. The lowest BCUT2D eigenvalue weighted by atomic mass is 10.1. The van der Waals surface area contributed by atoms with Gasteiger partial charge in [0, 0.05) is 17.6 Å². The lowest BCUT2D eigenvalue weighted by molar-refractivity contribution is -0.131. The van der Waals surface area contributed by atoms with E-state index < -0.39 is 0 Å². The van der Waals surface area contributed by atoms with Crippen molar-refractivity contribution in [3.05, 3.63) is 48.1 Å². The van der Waals surface area contributed by atoms with Gasteiger partial charge in [0.1, 0.15) is 5.75 Å². The van der Waals surface area contributed by atoms with Gasteiger partial charge >= 0.3 is 5.97 Å². The standard InChI is InChI=1S/C14H14O2S/c1-10-7-8-17-14(9-10)12-3-5-13(6-4-12)16-11(2)15/h3-6,9H,1,7-8H2,2H3. The molecule has 88 valence electrons. The third-order valence-corrected chi connectivity index (χ3v) is 3.49. The molecular weight excluding hydrogens is 232 g/mol. The normalized spacial score (nSPS) is 15.4. The van der Waals surface area contributed by atoms with Gasteiger partial charge in [0.15, 0.2) is 0 Å². The monoisotopic (exact) mass is 246 g/mol. The molecule has 0 spiro atoms. The molecule has 1 aromatic carbocycles. The summed E-state index contributed by atoms with van der Waals surface area (Å²) in [7, 11) is 0. The smallest absolute Gasteiger partial charge is 0.308 e. The van der Waals surface area contributed by atoms with E-state index >= 15 is 0 Å². The first kappa shape index (κ1) is 12.0. The molecular formula is C14H14O2S. The summed E-state index contributed by atoms with van der Waals surface area (Å²) < 4.78 is 4.99. The summed E-state index contributed by atoms with van der Waals surface area (Å²) in [5.41, 5.74) is 2.31. The second kappa shape index (κ2) is 5.23. The van der Waals surface area contributed by atoms with Gasteiger partial charge < -0.3 is 4.74 Å². The third-order valence-electron chi connectivity index (χ3n) is 2.42. The zero-order valence-corrected chi connectivity index (χ0v) is 10.5. The number of ether oxygens (including phenoxy) is 1. The van der Waals surface area contributed by atoms with Crippen molar-refractivity contribution in [2.75, 3.05) is 5.75 Å². The second-order valence-corrected chi connectivity index (χ2v) is 5.02. The van der Waals surface area contributed by atoms with E-state index in [2.05, 4.69) is 12.7 Å². The van der Waals surface area contributed by atoms with Crippen LogP contribution in [0.1, 0.15) is 18.9 Å². The molecule has 0 amide bonds. The van der Waals surface area contributed by atoms with Crippen LogP contribution in [-0.4, -0.2) is 11.7 Å². The number of rotatable bonds is 2. The van der Waals surface area contributed by atoms with Crippen molar-refractivity contribution >= 4 is 22.6 Å². The topological polar surface area (TPSA) is 26.3 Å². The van der Waals surface area contributed by atoms with Crippen LogP contribution in [0.5, 0.6) is 5.75 Å². The number of allylic oxidation sites excluding steroid dienone is 2. The number of esters is 1. The van der Waals surface area contributed by atoms with Gasteiger partial charge in [-0.15, -0.1) is 11.8 Å². The van der Waals surface area contributed by atoms with E-state index in [1.165, 1.54) is 17.4 Å². The highest BCUT2D eigenvalue weighted by Gasteiger charge is 2.09. The highest BCUT2D eigenvalue weighted by Crippen LogP contribution is 2.34. The van der Waals surface area contributed by atoms with Crippen LogP contribution in [-0.2, 0) is 4.79 Å². The Balaban J connectivity index is 2.17. The van der Waals surface area contributed by atoms with Gasteiger partial charge in [-0.2, -0.15) is 0 Å². The molecule has 0 atom stereocenters. The van der Waals surface area contributed by atoms with Gasteiger partial charge in [-0.25, -0.2) is 0 Å². The van der Waals surface area contributed by atoms with E-state index in [0.717, 1.165) is 17.7 Å². The number of carbonyl (C=O) groups excluding carboxylic acids is 1. The van der Waals surface area contributed by atoms with Gasteiger partial charge in [0.05, 0.1) is 0 Å². The predicted octanol–water partition coefficient (Wildman–Crippen LogP) is 3.65. The van der Waals surface area contributed by atoms with Crippen molar-refractivity contribution in [1.82, 2.24) is 0 Å². The van der Waals surface area contributed by atoms with Gasteiger partial charge in [-0.1, -0.05) is 24.3 Å². The van der Waals surface area contributed by atoms with Crippen molar-refractivity contribution in [2.24, 2.45) is 0 Å². The van der Waals surface area contributed by atoms with E-state index in [1.807, 2.05) is 36.0 Å². The number of carbonyl (C=O) groups is 1. The summed E-state index contributed by atoms with van der Waals surface area (Å²) >= 11 is 1.83. The minimum Gasteiger partial charge on any atom is -0.427 e. The molecule has 1 heterocycles. The average molecular weight is 246 g/mol. The molecule has 17 heavy (non-hydrogen) atoms. The second-order valence-electron chi connectivity index (χ2n) is 3.88. The first-order valence-electron chi connectivity index (χ1n) is 5.46. The van der Waals surface area contributed by atoms with E-state index in [9.17, 15) is 4.79 Å². The van der Waals surface area contributed by atoms with Crippen LogP contribution < -0.4 is 4.74 Å². The SMILES string of the molecule is C=C1C=C(c2ccc(OC(C)=O)cc2)SCC1. The molecule has 1 aliphatic heterocycles. The summed E-state index contributed by atoms with van der Waals surface area (Å²) in [6.45, 7) is 5.39. The summed E-state index contributed by atoms with van der Waals surface area (Å²) in [5, 5.41) is 0. The summed E-state index contributed by atoms with van der Waals surface area (Å²) in [5.74, 6) is 1.37. The highest BCUT2D eigenvalue weighted by atomic mass is 32.2. The van der Waals surface area contributed by atoms with Crippen LogP contribution in [0.4, 0.5) is 0 Å². The van der Waals surface area contributed by atoms with Crippen LogP contribution in [0.25, 0.3) is 4.91 Å². The molecule has 0 aliphatic carbocycles. The van der Waals surface area contributed by atoms with E-state index in [4.69, 9.17) is 4.74 Å². The molecule has 1 aliphatic rings. The van der Waals surface area contributed by atoms with Crippen molar-refractivity contribution in [1.29, 1.82) is 0 Å². The van der Waals surface area contributed by atoms with Gasteiger partial charge in [-0.05, 0) is 30.2 Å². The fourth-order valence-corrected chi connectivity index (χ4v) is 2.75. The van der Waals surface area contributed by atoms with Gasteiger partial charge in [-0.3, -0.25) is 4.79 Å². The minimum atomic E-state index is -0.294. The molecule has 2 rings (SSSR count). The van der Waals surface area contributed by atoms with Crippen LogP contribution in [0.3, 0.4) is 0 Å². The molecule has 0 radical (unpaired) electrons. The maximum atomic E-state index is 10.8.